The first-order chi connectivity index (χ1) is 10.1. The van der Waals surface area contributed by atoms with Crippen LogP contribution in [0.3, 0.4) is 0 Å². The van der Waals surface area contributed by atoms with Gasteiger partial charge in [0.25, 0.3) is 5.91 Å². The summed E-state index contributed by atoms with van der Waals surface area (Å²) in [4.78, 5) is 20.4. The molecule has 0 saturated heterocycles. The van der Waals surface area contributed by atoms with Gasteiger partial charge in [0.15, 0.2) is 0 Å². The Morgan fingerprint density at radius 1 is 1.38 bits per heavy atom. The average molecular weight is 306 g/mol. The molecule has 21 heavy (non-hydrogen) atoms. The molecule has 110 valence electrons. The van der Waals surface area contributed by atoms with Crippen LogP contribution < -0.4 is 10.1 Å². The van der Waals surface area contributed by atoms with Crippen LogP contribution in [-0.4, -0.2) is 23.0 Å². The summed E-state index contributed by atoms with van der Waals surface area (Å²) in [7, 11) is 1.54. The zero-order chi connectivity index (χ0) is 15.2. The number of aryl methyl sites for hydroxylation is 1. The monoisotopic (exact) mass is 305 g/mol. The van der Waals surface area contributed by atoms with Gasteiger partial charge in [-0.3, -0.25) is 4.79 Å². The molecule has 0 spiro atoms. The number of rotatable bonds is 5. The topological polar surface area (TPSA) is 64.1 Å². The summed E-state index contributed by atoms with van der Waals surface area (Å²) >= 11 is 5.95. The number of hydrogen-bond donors (Lipinski definition) is 1. The van der Waals surface area contributed by atoms with Crippen molar-refractivity contribution in [1.82, 2.24) is 9.97 Å². The second kappa shape index (κ2) is 7.04. The molecule has 5 nitrogen and oxygen atoms in total. The lowest BCUT2D eigenvalue weighted by Gasteiger charge is -2.07. The van der Waals surface area contributed by atoms with Gasteiger partial charge in [-0.05, 0) is 24.6 Å². The van der Waals surface area contributed by atoms with E-state index in [2.05, 4.69) is 15.3 Å². The number of hydrogen-bond acceptors (Lipinski definition) is 4. The lowest BCUT2D eigenvalue weighted by Crippen LogP contribution is -2.13. The summed E-state index contributed by atoms with van der Waals surface area (Å²) in [6.45, 7) is 2.05. The Hall–Kier alpha value is -2.14. The van der Waals surface area contributed by atoms with E-state index in [1.807, 2.05) is 6.92 Å². The maximum Gasteiger partial charge on any atom is 0.255 e. The predicted octanol–water partition coefficient (Wildman–Crippen LogP) is 3.34. The van der Waals surface area contributed by atoms with Crippen LogP contribution in [0, 0.1) is 0 Å². The molecular weight excluding hydrogens is 290 g/mol. The molecule has 0 fully saturated rings. The van der Waals surface area contributed by atoms with Crippen molar-refractivity contribution in [2.45, 2.75) is 19.8 Å². The molecule has 1 amide bonds. The van der Waals surface area contributed by atoms with Gasteiger partial charge in [-0.25, -0.2) is 9.97 Å². The normalized spacial score (nSPS) is 10.2. The third kappa shape index (κ3) is 4.16. The summed E-state index contributed by atoms with van der Waals surface area (Å²) < 4.78 is 4.97. The quantitative estimate of drug-likeness (QED) is 0.860. The van der Waals surface area contributed by atoms with Crippen molar-refractivity contribution in [3.05, 3.63) is 46.9 Å². The highest BCUT2D eigenvalue weighted by Crippen LogP contribution is 2.16. The minimum Gasteiger partial charge on any atom is -0.481 e. The van der Waals surface area contributed by atoms with E-state index in [1.54, 1.807) is 24.3 Å². The SMILES string of the molecule is CCCc1cc(C(=O)Nc2ccc(OC)nc2)cc(Cl)n1. The number of amides is 1. The van der Waals surface area contributed by atoms with Gasteiger partial charge in [-0.15, -0.1) is 0 Å². The highest BCUT2D eigenvalue weighted by molar-refractivity contribution is 6.29. The van der Waals surface area contributed by atoms with E-state index in [0.29, 0.717) is 22.3 Å². The number of halogens is 1. The first kappa shape index (κ1) is 15.3. The molecule has 0 aliphatic rings. The second-order valence-electron chi connectivity index (χ2n) is 4.46. The number of ether oxygens (including phenoxy) is 1. The molecule has 2 heterocycles. The van der Waals surface area contributed by atoms with E-state index in [1.165, 1.54) is 13.3 Å². The van der Waals surface area contributed by atoms with Crippen molar-refractivity contribution >= 4 is 23.2 Å². The zero-order valence-corrected chi connectivity index (χ0v) is 12.6. The molecule has 2 aromatic rings. The Kier molecular flexibility index (Phi) is 5.11. The maximum atomic E-state index is 12.2. The standard InChI is InChI=1S/C15H16ClN3O2/c1-3-4-11-7-10(8-13(16)18-11)15(20)19-12-5-6-14(21-2)17-9-12/h5-9H,3-4H2,1-2H3,(H,19,20). The van der Waals surface area contributed by atoms with Crippen LogP contribution in [0.1, 0.15) is 29.4 Å². The molecule has 0 radical (unpaired) electrons. The summed E-state index contributed by atoms with van der Waals surface area (Å²) in [6, 6.07) is 6.70. The van der Waals surface area contributed by atoms with Crippen LogP contribution in [0.4, 0.5) is 5.69 Å². The van der Waals surface area contributed by atoms with Crippen LogP contribution in [0.15, 0.2) is 30.5 Å². The predicted molar refractivity (Wildman–Crippen MR) is 82.0 cm³/mol. The number of nitrogens with one attached hydrogen (secondary N) is 1. The van der Waals surface area contributed by atoms with Crippen LogP contribution in [-0.2, 0) is 6.42 Å². The van der Waals surface area contributed by atoms with E-state index in [-0.39, 0.29) is 5.91 Å². The molecule has 0 aliphatic heterocycles. The van der Waals surface area contributed by atoms with E-state index in [9.17, 15) is 4.79 Å². The number of nitrogens with zero attached hydrogens (tertiary/aromatic N) is 2. The van der Waals surface area contributed by atoms with Gasteiger partial charge in [0.2, 0.25) is 5.88 Å². The molecule has 2 aromatic heterocycles. The molecule has 0 aromatic carbocycles. The van der Waals surface area contributed by atoms with Crippen LogP contribution in [0.2, 0.25) is 5.15 Å². The van der Waals surface area contributed by atoms with Gasteiger partial charge in [0.1, 0.15) is 5.15 Å². The Balaban J connectivity index is 2.15. The molecule has 6 heteroatoms. The number of carbonyl (C=O) groups excluding carboxylic acids is 1. The van der Waals surface area contributed by atoms with E-state index < -0.39 is 0 Å². The van der Waals surface area contributed by atoms with Gasteiger partial charge in [-0.2, -0.15) is 0 Å². The van der Waals surface area contributed by atoms with E-state index >= 15 is 0 Å². The summed E-state index contributed by atoms with van der Waals surface area (Å²) in [5.74, 6) is 0.244. The van der Waals surface area contributed by atoms with Crippen molar-refractivity contribution in [3.63, 3.8) is 0 Å². The maximum absolute atomic E-state index is 12.2. The fourth-order valence-electron chi connectivity index (χ4n) is 1.84. The first-order valence-corrected chi connectivity index (χ1v) is 6.98. The van der Waals surface area contributed by atoms with Crippen molar-refractivity contribution in [3.8, 4) is 5.88 Å². The summed E-state index contributed by atoms with van der Waals surface area (Å²) in [5, 5.41) is 3.08. The highest BCUT2D eigenvalue weighted by Gasteiger charge is 2.10. The summed E-state index contributed by atoms with van der Waals surface area (Å²) in [5.41, 5.74) is 1.88. The van der Waals surface area contributed by atoms with Gasteiger partial charge in [0, 0.05) is 17.3 Å². The smallest absolute Gasteiger partial charge is 0.255 e. The first-order valence-electron chi connectivity index (χ1n) is 6.60. The van der Waals surface area contributed by atoms with Gasteiger partial charge >= 0.3 is 0 Å². The third-order valence-electron chi connectivity index (χ3n) is 2.82. The lowest BCUT2D eigenvalue weighted by molar-refractivity contribution is 0.102. The van der Waals surface area contributed by atoms with Crippen molar-refractivity contribution in [1.29, 1.82) is 0 Å². The van der Waals surface area contributed by atoms with Crippen LogP contribution >= 0.6 is 11.6 Å². The Bertz CT molecular complexity index is 629. The minimum atomic E-state index is -0.247. The average Bonchev–Trinajstić information content (AvgIpc) is 2.48. The molecule has 0 atom stereocenters. The molecule has 0 bridgehead atoms. The number of pyridine rings is 2. The number of anilines is 1. The van der Waals surface area contributed by atoms with Gasteiger partial charge in [-0.1, -0.05) is 24.9 Å². The molecule has 0 unspecified atom stereocenters. The van der Waals surface area contributed by atoms with Crippen molar-refractivity contribution < 1.29 is 9.53 Å². The largest absolute Gasteiger partial charge is 0.481 e. The lowest BCUT2D eigenvalue weighted by atomic mass is 10.1. The minimum absolute atomic E-state index is 0.247. The fraction of sp³-hybridized carbons (Fsp3) is 0.267. The molecule has 0 aliphatic carbocycles. The molecule has 2 rings (SSSR count). The fourth-order valence-corrected chi connectivity index (χ4v) is 2.07. The van der Waals surface area contributed by atoms with Gasteiger partial charge in [0.05, 0.1) is 19.0 Å². The van der Waals surface area contributed by atoms with Crippen molar-refractivity contribution in [2.75, 3.05) is 12.4 Å². The van der Waals surface area contributed by atoms with E-state index in [4.69, 9.17) is 16.3 Å². The Morgan fingerprint density at radius 2 is 2.19 bits per heavy atom. The molecule has 1 N–H and O–H groups in total. The van der Waals surface area contributed by atoms with Crippen molar-refractivity contribution in [2.24, 2.45) is 0 Å². The number of methoxy groups -OCH3 is 1. The van der Waals surface area contributed by atoms with Crippen LogP contribution in [0.5, 0.6) is 5.88 Å². The van der Waals surface area contributed by atoms with Gasteiger partial charge < -0.3 is 10.1 Å². The zero-order valence-electron chi connectivity index (χ0n) is 11.9. The Labute approximate surface area is 128 Å². The Morgan fingerprint density at radius 3 is 2.81 bits per heavy atom. The molecular formula is C15H16ClN3O2. The molecule has 0 saturated carbocycles. The summed E-state index contributed by atoms with van der Waals surface area (Å²) in [6.07, 6.45) is 3.26. The third-order valence-corrected chi connectivity index (χ3v) is 3.01. The van der Waals surface area contributed by atoms with E-state index in [0.717, 1.165) is 18.5 Å². The highest BCUT2D eigenvalue weighted by atomic mass is 35.5. The number of carbonyl (C=O) groups is 1. The second-order valence-corrected chi connectivity index (χ2v) is 4.85. The number of aromatic nitrogens is 2. The van der Waals surface area contributed by atoms with Crippen LogP contribution in [0.25, 0.3) is 0 Å².